The van der Waals surface area contributed by atoms with E-state index in [-0.39, 0.29) is 0 Å². The summed E-state index contributed by atoms with van der Waals surface area (Å²) in [4.78, 5) is 10.9. The van der Waals surface area contributed by atoms with Gasteiger partial charge in [0.25, 0.3) is 0 Å². The fourth-order valence-corrected chi connectivity index (χ4v) is 0.914. The predicted octanol–water partition coefficient (Wildman–Crippen LogP) is 1.30. The summed E-state index contributed by atoms with van der Waals surface area (Å²) < 4.78 is 4.96. The highest BCUT2D eigenvalue weighted by atomic mass is 16.5. The van der Waals surface area contributed by atoms with Gasteiger partial charge >= 0.3 is 6.03 Å². The largest absolute Gasteiger partial charge is 0.497 e. The van der Waals surface area contributed by atoms with Gasteiger partial charge in [0, 0.05) is 11.8 Å². The fraction of sp³-hybridized carbons (Fsp3) is 0.111. The van der Waals surface area contributed by atoms with E-state index < -0.39 is 6.03 Å². The molecule has 0 aliphatic rings. The van der Waals surface area contributed by atoms with Crippen molar-refractivity contribution in [3.8, 4) is 11.9 Å². The van der Waals surface area contributed by atoms with Crippen LogP contribution < -0.4 is 15.4 Å². The van der Waals surface area contributed by atoms with Gasteiger partial charge in [-0.25, -0.2) is 10.1 Å². The van der Waals surface area contributed by atoms with Crippen molar-refractivity contribution in [2.75, 3.05) is 12.4 Å². The van der Waals surface area contributed by atoms with Crippen molar-refractivity contribution in [1.82, 2.24) is 5.32 Å². The Balaban J connectivity index is 2.68. The average Bonchev–Trinajstić information content (AvgIpc) is 2.18. The number of hydrogen-bond donors (Lipinski definition) is 2. The van der Waals surface area contributed by atoms with Crippen molar-refractivity contribution in [1.29, 1.82) is 5.26 Å². The summed E-state index contributed by atoms with van der Waals surface area (Å²) in [6, 6.07) is 6.27. The zero-order valence-electron chi connectivity index (χ0n) is 7.57. The molecule has 0 saturated carbocycles. The maximum atomic E-state index is 10.9. The van der Waals surface area contributed by atoms with E-state index in [1.165, 1.54) is 13.3 Å². The molecule has 0 saturated heterocycles. The van der Waals surface area contributed by atoms with Crippen LogP contribution in [0.3, 0.4) is 0 Å². The van der Waals surface area contributed by atoms with Gasteiger partial charge in [-0.05, 0) is 12.1 Å². The molecule has 2 N–H and O–H groups in total. The number of carbonyl (C=O) groups is 1. The Labute approximate surface area is 81.3 Å². The van der Waals surface area contributed by atoms with E-state index in [1.807, 2.05) is 5.32 Å². The summed E-state index contributed by atoms with van der Waals surface area (Å²) in [5.41, 5.74) is 0.567. The van der Waals surface area contributed by atoms with E-state index in [0.29, 0.717) is 11.4 Å². The monoisotopic (exact) mass is 191 g/mol. The molecule has 0 atom stereocenters. The van der Waals surface area contributed by atoms with Gasteiger partial charge in [0.2, 0.25) is 0 Å². The summed E-state index contributed by atoms with van der Waals surface area (Å²) >= 11 is 0. The minimum atomic E-state index is -0.569. The molecule has 5 heteroatoms. The summed E-state index contributed by atoms with van der Waals surface area (Å²) in [5, 5.41) is 12.6. The average molecular weight is 191 g/mol. The topological polar surface area (TPSA) is 74.2 Å². The number of rotatable bonds is 2. The number of hydrogen-bond acceptors (Lipinski definition) is 3. The number of nitriles is 1. The van der Waals surface area contributed by atoms with Gasteiger partial charge in [0.05, 0.1) is 7.11 Å². The van der Waals surface area contributed by atoms with Gasteiger partial charge in [-0.2, -0.15) is 5.26 Å². The number of benzene rings is 1. The Morgan fingerprint density at radius 3 is 3.00 bits per heavy atom. The first kappa shape index (κ1) is 9.86. The molecule has 0 spiro atoms. The van der Waals surface area contributed by atoms with E-state index in [9.17, 15) is 4.79 Å². The number of urea groups is 1. The summed E-state index contributed by atoms with van der Waals surface area (Å²) in [6.07, 6.45) is 1.52. The molecule has 0 heterocycles. The number of ether oxygens (including phenoxy) is 1. The zero-order chi connectivity index (χ0) is 10.4. The standard InChI is InChI=1S/C9H9N3O2/c1-14-8-4-2-3-7(5-8)12-9(13)11-6-10/h2-5H,1H3,(H2,11,12,13). The maximum absolute atomic E-state index is 10.9. The number of carbonyl (C=O) groups excluding carboxylic acids is 1. The maximum Gasteiger partial charge on any atom is 0.332 e. The lowest BCUT2D eigenvalue weighted by Gasteiger charge is -2.04. The van der Waals surface area contributed by atoms with Crippen LogP contribution in [-0.2, 0) is 0 Å². The molecule has 1 rings (SSSR count). The Kier molecular flexibility index (Phi) is 3.33. The Bertz CT molecular complexity index is 371. The molecular formula is C9H9N3O2. The third kappa shape index (κ3) is 2.68. The van der Waals surface area contributed by atoms with Crippen LogP contribution in [0.25, 0.3) is 0 Å². The highest BCUT2D eigenvalue weighted by molar-refractivity contribution is 5.90. The van der Waals surface area contributed by atoms with Crippen molar-refractivity contribution in [3.05, 3.63) is 24.3 Å². The van der Waals surface area contributed by atoms with Gasteiger partial charge < -0.3 is 10.1 Å². The first-order valence-electron chi connectivity index (χ1n) is 3.86. The Hall–Kier alpha value is -2.22. The molecule has 0 unspecified atom stereocenters. The SMILES string of the molecule is COc1cccc(NC(=O)NC#N)c1. The molecule has 1 aromatic rings. The Morgan fingerprint density at radius 1 is 1.57 bits per heavy atom. The minimum Gasteiger partial charge on any atom is -0.497 e. The van der Waals surface area contributed by atoms with Crippen LogP contribution in [0.1, 0.15) is 0 Å². The predicted molar refractivity (Wildman–Crippen MR) is 50.8 cm³/mol. The smallest absolute Gasteiger partial charge is 0.332 e. The van der Waals surface area contributed by atoms with Gasteiger partial charge in [-0.1, -0.05) is 6.07 Å². The molecule has 2 amide bonds. The van der Waals surface area contributed by atoms with E-state index in [4.69, 9.17) is 10.00 Å². The Morgan fingerprint density at radius 2 is 2.36 bits per heavy atom. The molecule has 14 heavy (non-hydrogen) atoms. The number of amides is 2. The lowest BCUT2D eigenvalue weighted by Crippen LogP contribution is -2.23. The number of nitrogens with one attached hydrogen (secondary N) is 2. The van der Waals surface area contributed by atoms with E-state index in [2.05, 4.69) is 5.32 Å². The number of methoxy groups -OCH3 is 1. The second-order valence-electron chi connectivity index (χ2n) is 2.42. The van der Waals surface area contributed by atoms with Crippen molar-refractivity contribution in [2.45, 2.75) is 0 Å². The lowest BCUT2D eigenvalue weighted by atomic mass is 10.3. The van der Waals surface area contributed by atoms with Crippen molar-refractivity contribution in [3.63, 3.8) is 0 Å². The highest BCUT2D eigenvalue weighted by Gasteiger charge is 2.00. The van der Waals surface area contributed by atoms with E-state index >= 15 is 0 Å². The third-order valence-electron chi connectivity index (χ3n) is 1.50. The van der Waals surface area contributed by atoms with Crippen LogP contribution in [0, 0.1) is 11.5 Å². The van der Waals surface area contributed by atoms with Crippen LogP contribution in [0.2, 0.25) is 0 Å². The molecule has 0 aliphatic carbocycles. The fourth-order valence-electron chi connectivity index (χ4n) is 0.914. The second kappa shape index (κ2) is 4.72. The molecular weight excluding hydrogens is 182 g/mol. The van der Waals surface area contributed by atoms with Crippen molar-refractivity contribution >= 4 is 11.7 Å². The van der Waals surface area contributed by atoms with Crippen LogP contribution in [0.15, 0.2) is 24.3 Å². The van der Waals surface area contributed by atoms with Gasteiger partial charge in [-0.3, -0.25) is 0 Å². The van der Waals surface area contributed by atoms with Gasteiger partial charge in [0.1, 0.15) is 5.75 Å². The summed E-state index contributed by atoms with van der Waals surface area (Å²) in [6.45, 7) is 0. The first-order chi connectivity index (χ1) is 6.76. The molecule has 5 nitrogen and oxygen atoms in total. The quantitative estimate of drug-likeness (QED) is 0.546. The number of nitrogens with zero attached hydrogens (tertiary/aromatic N) is 1. The zero-order valence-corrected chi connectivity index (χ0v) is 7.57. The summed E-state index contributed by atoms with van der Waals surface area (Å²) in [7, 11) is 1.54. The molecule has 0 fully saturated rings. The third-order valence-corrected chi connectivity index (χ3v) is 1.50. The normalized spacial score (nSPS) is 8.57. The minimum absolute atomic E-state index is 0.567. The van der Waals surface area contributed by atoms with Crippen molar-refractivity contribution in [2.24, 2.45) is 0 Å². The van der Waals surface area contributed by atoms with Crippen molar-refractivity contribution < 1.29 is 9.53 Å². The molecule has 0 aliphatic heterocycles. The summed E-state index contributed by atoms with van der Waals surface area (Å²) in [5.74, 6) is 0.639. The highest BCUT2D eigenvalue weighted by Crippen LogP contribution is 2.16. The van der Waals surface area contributed by atoms with Crippen LogP contribution in [0.5, 0.6) is 5.75 Å². The van der Waals surface area contributed by atoms with Gasteiger partial charge in [0.15, 0.2) is 6.19 Å². The first-order valence-corrected chi connectivity index (χ1v) is 3.86. The number of anilines is 1. The molecule has 0 bridgehead atoms. The second-order valence-corrected chi connectivity index (χ2v) is 2.42. The van der Waals surface area contributed by atoms with E-state index in [1.54, 1.807) is 24.3 Å². The van der Waals surface area contributed by atoms with E-state index in [0.717, 1.165) is 0 Å². The molecule has 1 aromatic carbocycles. The van der Waals surface area contributed by atoms with Crippen LogP contribution >= 0.6 is 0 Å². The van der Waals surface area contributed by atoms with Crippen LogP contribution in [-0.4, -0.2) is 13.1 Å². The molecule has 72 valence electrons. The van der Waals surface area contributed by atoms with Gasteiger partial charge in [-0.15, -0.1) is 0 Å². The lowest BCUT2D eigenvalue weighted by molar-refractivity contribution is 0.255. The molecule has 0 radical (unpaired) electrons. The van der Waals surface area contributed by atoms with Crippen LogP contribution in [0.4, 0.5) is 10.5 Å². The molecule has 0 aromatic heterocycles.